The molecule has 1 amide bonds. The average molecular weight is 460 g/mol. The molecule has 0 radical (unpaired) electrons. The molecule has 0 atom stereocenters. The smallest absolute Gasteiger partial charge is 0.269 e. The van der Waals surface area contributed by atoms with Crippen molar-refractivity contribution in [2.24, 2.45) is 0 Å². The summed E-state index contributed by atoms with van der Waals surface area (Å²) in [5.41, 5.74) is 6.52. The maximum Gasteiger partial charge on any atom is 0.269 e. The number of benzene rings is 1. The molecule has 0 unspecified atom stereocenters. The minimum atomic E-state index is -0.162. The van der Waals surface area contributed by atoms with Crippen molar-refractivity contribution in [1.82, 2.24) is 35.8 Å². The van der Waals surface area contributed by atoms with Gasteiger partial charge in [0.2, 0.25) is 0 Å². The van der Waals surface area contributed by atoms with Crippen LogP contribution < -0.4 is 10.6 Å². The van der Waals surface area contributed by atoms with E-state index in [1.165, 1.54) is 11.1 Å². The molecule has 1 aliphatic rings. The maximum absolute atomic E-state index is 12.7. The van der Waals surface area contributed by atoms with Crippen LogP contribution in [0.3, 0.4) is 0 Å². The van der Waals surface area contributed by atoms with E-state index in [-0.39, 0.29) is 11.9 Å². The van der Waals surface area contributed by atoms with Crippen LogP contribution >= 0.6 is 0 Å². The average Bonchev–Trinajstić information content (AvgIpc) is 3.51. The summed E-state index contributed by atoms with van der Waals surface area (Å²) >= 11 is 0. The van der Waals surface area contributed by atoms with Crippen LogP contribution in [0.4, 0.5) is 0 Å². The Kier molecular flexibility index (Phi) is 6.37. The third-order valence-electron chi connectivity index (χ3n) is 6.36. The summed E-state index contributed by atoms with van der Waals surface area (Å²) in [6.07, 6.45) is 7.02. The lowest BCUT2D eigenvalue weighted by molar-refractivity contribution is 0.0694. The van der Waals surface area contributed by atoms with Gasteiger partial charge in [0.1, 0.15) is 11.4 Å². The molecule has 1 aromatic carbocycles. The van der Waals surface area contributed by atoms with E-state index in [2.05, 4.69) is 61.8 Å². The first-order valence-corrected chi connectivity index (χ1v) is 11.7. The van der Waals surface area contributed by atoms with Crippen molar-refractivity contribution in [1.29, 1.82) is 0 Å². The van der Waals surface area contributed by atoms with E-state index >= 15 is 0 Å². The third-order valence-corrected chi connectivity index (χ3v) is 6.36. The van der Waals surface area contributed by atoms with Crippen LogP contribution in [0.2, 0.25) is 0 Å². The molecule has 1 fully saturated rings. The fraction of sp³-hybridized carbons (Fsp3) is 0.360. The number of rotatable bonds is 7. The molecule has 0 bridgehead atoms. The number of carbonyl (C=O) groups is 1. The summed E-state index contributed by atoms with van der Waals surface area (Å²) in [6.45, 7) is 7.26. The molecule has 9 nitrogen and oxygen atoms in total. The van der Waals surface area contributed by atoms with Gasteiger partial charge in [0, 0.05) is 49.1 Å². The van der Waals surface area contributed by atoms with E-state index in [9.17, 15) is 4.79 Å². The number of amides is 1. The van der Waals surface area contributed by atoms with Gasteiger partial charge in [-0.3, -0.25) is 14.9 Å². The molecular formula is C25H29N7O2. The van der Waals surface area contributed by atoms with E-state index < -0.39 is 0 Å². The summed E-state index contributed by atoms with van der Waals surface area (Å²) in [7, 11) is 0. The molecule has 4 aromatic rings. The summed E-state index contributed by atoms with van der Waals surface area (Å²) in [5.74, 6) is 0.390. The van der Waals surface area contributed by atoms with Crippen LogP contribution in [0.25, 0.3) is 33.5 Å². The van der Waals surface area contributed by atoms with Gasteiger partial charge in [-0.25, -0.2) is 4.98 Å². The van der Waals surface area contributed by atoms with Crippen molar-refractivity contribution in [3.8, 4) is 22.6 Å². The predicted octanol–water partition coefficient (Wildman–Crippen LogP) is 3.34. The molecule has 3 aromatic heterocycles. The molecule has 0 spiro atoms. The Labute approximate surface area is 197 Å². The Morgan fingerprint density at radius 3 is 2.88 bits per heavy atom. The number of nitrogens with zero attached hydrogens (tertiary/aromatic N) is 3. The monoisotopic (exact) mass is 459 g/mol. The molecule has 1 saturated heterocycles. The van der Waals surface area contributed by atoms with Crippen molar-refractivity contribution < 1.29 is 9.53 Å². The van der Waals surface area contributed by atoms with Gasteiger partial charge in [-0.2, -0.15) is 5.10 Å². The third kappa shape index (κ3) is 4.44. The summed E-state index contributed by atoms with van der Waals surface area (Å²) in [5, 5.41) is 14.9. The van der Waals surface area contributed by atoms with Gasteiger partial charge in [0.25, 0.3) is 5.91 Å². The molecule has 4 heterocycles. The van der Waals surface area contributed by atoms with Crippen LogP contribution in [0, 0.1) is 6.92 Å². The zero-order valence-electron chi connectivity index (χ0n) is 19.4. The lowest BCUT2D eigenvalue weighted by atomic mass is 9.98. The van der Waals surface area contributed by atoms with Gasteiger partial charge >= 0.3 is 0 Å². The number of nitrogens with one attached hydrogen (secondary N) is 4. The van der Waals surface area contributed by atoms with Crippen molar-refractivity contribution in [2.45, 2.75) is 39.3 Å². The SMILES string of the molecule is CCNCc1cncc(-c2ccc3[nH]nc(-c4ncc(C(=O)NC5CCOCC5)[nH]4)c3c2)c1C. The van der Waals surface area contributed by atoms with Gasteiger partial charge in [-0.1, -0.05) is 13.0 Å². The topological polar surface area (TPSA) is 121 Å². The van der Waals surface area contributed by atoms with Crippen LogP contribution in [-0.2, 0) is 11.3 Å². The second kappa shape index (κ2) is 9.74. The maximum atomic E-state index is 12.7. The molecule has 4 N–H and O–H groups in total. The fourth-order valence-corrected chi connectivity index (χ4v) is 4.32. The van der Waals surface area contributed by atoms with Crippen molar-refractivity contribution >= 4 is 16.8 Å². The zero-order valence-corrected chi connectivity index (χ0v) is 19.4. The highest BCUT2D eigenvalue weighted by atomic mass is 16.5. The van der Waals surface area contributed by atoms with E-state index in [4.69, 9.17) is 4.74 Å². The van der Waals surface area contributed by atoms with Crippen LogP contribution in [0.1, 0.15) is 41.4 Å². The Bertz CT molecular complexity index is 1300. The van der Waals surface area contributed by atoms with E-state index in [1.807, 2.05) is 18.5 Å². The number of hydrogen-bond acceptors (Lipinski definition) is 6. The lowest BCUT2D eigenvalue weighted by Crippen LogP contribution is -2.39. The number of aromatic nitrogens is 5. The van der Waals surface area contributed by atoms with Crippen LogP contribution in [-0.4, -0.2) is 56.9 Å². The number of imidazole rings is 1. The standard InChI is InChI=1S/C25H29N7O2/c1-3-26-11-17-12-27-13-20(15(17)2)16-4-5-21-19(10-16)23(32-31-21)24-28-14-22(30-24)25(33)29-18-6-8-34-9-7-18/h4-5,10,12-14,18,26H,3,6-9,11H2,1-2H3,(H,28,30)(H,29,33)(H,31,32). The number of hydrogen-bond donors (Lipinski definition) is 4. The Hall–Kier alpha value is -3.56. The number of aromatic amines is 2. The van der Waals surface area contributed by atoms with Crippen LogP contribution in [0.5, 0.6) is 0 Å². The molecule has 0 saturated carbocycles. The Balaban J connectivity index is 1.43. The summed E-state index contributed by atoms with van der Waals surface area (Å²) in [4.78, 5) is 24.7. The molecular weight excluding hydrogens is 430 g/mol. The molecule has 1 aliphatic heterocycles. The second-order valence-corrected chi connectivity index (χ2v) is 8.59. The molecule has 5 rings (SSSR count). The van der Waals surface area contributed by atoms with Gasteiger partial charge in [0.05, 0.1) is 11.7 Å². The first-order chi connectivity index (χ1) is 16.6. The number of ether oxygens (including phenoxy) is 1. The quantitative estimate of drug-likeness (QED) is 0.336. The zero-order chi connectivity index (χ0) is 23.5. The van der Waals surface area contributed by atoms with E-state index in [1.54, 1.807) is 6.20 Å². The Morgan fingerprint density at radius 1 is 1.21 bits per heavy atom. The highest BCUT2D eigenvalue weighted by Gasteiger charge is 2.20. The van der Waals surface area contributed by atoms with Gasteiger partial charge in [0.15, 0.2) is 5.82 Å². The first kappa shape index (κ1) is 22.2. The number of fused-ring (bicyclic) bond motifs is 1. The summed E-state index contributed by atoms with van der Waals surface area (Å²) < 4.78 is 5.36. The highest BCUT2D eigenvalue weighted by Crippen LogP contribution is 2.31. The van der Waals surface area contributed by atoms with Crippen molar-refractivity contribution in [2.75, 3.05) is 19.8 Å². The predicted molar refractivity (Wildman–Crippen MR) is 130 cm³/mol. The lowest BCUT2D eigenvalue weighted by Gasteiger charge is -2.22. The molecule has 0 aliphatic carbocycles. The normalized spacial score (nSPS) is 14.5. The van der Waals surface area contributed by atoms with Crippen LogP contribution in [0.15, 0.2) is 36.8 Å². The minimum absolute atomic E-state index is 0.127. The molecule has 176 valence electrons. The number of carbonyl (C=O) groups excluding carboxylic acids is 1. The summed E-state index contributed by atoms with van der Waals surface area (Å²) in [6, 6.07) is 6.31. The van der Waals surface area contributed by atoms with E-state index in [0.717, 1.165) is 48.0 Å². The van der Waals surface area contributed by atoms with Gasteiger partial charge in [-0.15, -0.1) is 0 Å². The van der Waals surface area contributed by atoms with Crippen molar-refractivity contribution in [3.05, 3.63) is 53.6 Å². The van der Waals surface area contributed by atoms with Gasteiger partial charge < -0.3 is 20.4 Å². The Morgan fingerprint density at radius 2 is 2.06 bits per heavy atom. The van der Waals surface area contributed by atoms with Gasteiger partial charge in [-0.05, 0) is 55.1 Å². The first-order valence-electron chi connectivity index (χ1n) is 11.7. The fourth-order valence-electron chi connectivity index (χ4n) is 4.32. The highest BCUT2D eigenvalue weighted by molar-refractivity contribution is 5.96. The van der Waals surface area contributed by atoms with E-state index in [0.29, 0.717) is 30.4 Å². The number of H-pyrrole nitrogens is 2. The second-order valence-electron chi connectivity index (χ2n) is 8.59. The minimum Gasteiger partial charge on any atom is -0.381 e. The van der Waals surface area contributed by atoms with Crippen molar-refractivity contribution in [3.63, 3.8) is 0 Å². The molecule has 9 heteroatoms. The largest absolute Gasteiger partial charge is 0.381 e. The number of pyridine rings is 1. The molecule has 34 heavy (non-hydrogen) atoms.